The van der Waals surface area contributed by atoms with Gasteiger partial charge in [-0.2, -0.15) is 5.10 Å². The van der Waals surface area contributed by atoms with Gasteiger partial charge in [-0.15, -0.1) is 5.10 Å². The van der Waals surface area contributed by atoms with E-state index in [0.29, 0.717) is 0 Å². The van der Waals surface area contributed by atoms with Gasteiger partial charge in [-0.25, -0.2) is 15.3 Å². The first-order valence-corrected chi connectivity index (χ1v) is 6.86. The summed E-state index contributed by atoms with van der Waals surface area (Å²) in [6, 6.07) is 7.67. The Morgan fingerprint density at radius 3 is 2.74 bits per heavy atom. The molecule has 0 fully saturated rings. The number of carbonyl (C=O) groups excluding carboxylic acids is 1. The van der Waals surface area contributed by atoms with Gasteiger partial charge in [0.1, 0.15) is 0 Å². The molecule has 0 atom stereocenters. The molecule has 2 rings (SSSR count). The second kappa shape index (κ2) is 7.69. The van der Waals surface area contributed by atoms with Crippen LogP contribution < -0.4 is 22.0 Å². The summed E-state index contributed by atoms with van der Waals surface area (Å²) in [6.45, 7) is 2.16. The minimum atomic E-state index is -0.691. The lowest BCUT2D eigenvalue weighted by Crippen LogP contribution is -2.28. The van der Waals surface area contributed by atoms with Gasteiger partial charge in [0.2, 0.25) is 11.7 Å². The molecule has 1 amide bonds. The fraction of sp³-hybridized carbons (Fsp3) is 0.214. The highest BCUT2D eigenvalue weighted by molar-refractivity contribution is 5.82. The Labute approximate surface area is 130 Å². The fourth-order valence-corrected chi connectivity index (χ4v) is 1.65. The number of amides is 1. The summed E-state index contributed by atoms with van der Waals surface area (Å²) >= 11 is 0. The number of hydrogen-bond donors (Lipinski definition) is 4. The van der Waals surface area contributed by atoms with Crippen LogP contribution in [0.4, 0.5) is 5.82 Å². The van der Waals surface area contributed by atoms with Gasteiger partial charge in [0, 0.05) is 13.0 Å². The van der Waals surface area contributed by atoms with Crippen molar-refractivity contribution in [1.82, 2.24) is 20.6 Å². The van der Waals surface area contributed by atoms with Crippen molar-refractivity contribution in [3.05, 3.63) is 56.2 Å². The molecule has 0 aliphatic rings. The Morgan fingerprint density at radius 1 is 1.30 bits per heavy atom. The molecular weight excluding hydrogens is 300 g/mol. The van der Waals surface area contributed by atoms with E-state index in [4.69, 9.17) is 0 Å². The van der Waals surface area contributed by atoms with E-state index < -0.39 is 11.2 Å². The summed E-state index contributed by atoms with van der Waals surface area (Å²) < 4.78 is 0. The number of H-pyrrole nitrogens is 2. The molecule has 9 heteroatoms. The Balaban J connectivity index is 1.75. The van der Waals surface area contributed by atoms with Gasteiger partial charge in [0.05, 0.1) is 6.21 Å². The van der Waals surface area contributed by atoms with Crippen LogP contribution in [0.2, 0.25) is 0 Å². The summed E-state index contributed by atoms with van der Waals surface area (Å²) in [7, 11) is 0. The first kappa shape index (κ1) is 16.1. The van der Waals surface area contributed by atoms with E-state index in [1.54, 1.807) is 6.21 Å². The van der Waals surface area contributed by atoms with Gasteiger partial charge in [-0.05, 0) is 12.5 Å². The second-order valence-corrected chi connectivity index (χ2v) is 4.74. The summed E-state index contributed by atoms with van der Waals surface area (Å²) in [5, 5.41) is 12.1. The van der Waals surface area contributed by atoms with Crippen LogP contribution in [0, 0.1) is 6.92 Å². The molecule has 9 nitrogen and oxygen atoms in total. The van der Waals surface area contributed by atoms with Gasteiger partial charge in [0.25, 0.3) is 5.56 Å². The lowest BCUT2D eigenvalue weighted by molar-refractivity contribution is -0.120. The highest BCUT2D eigenvalue weighted by atomic mass is 16.2. The molecule has 2 aromatic rings. The third-order valence-corrected chi connectivity index (χ3v) is 2.84. The van der Waals surface area contributed by atoms with Crippen molar-refractivity contribution in [2.24, 2.45) is 5.10 Å². The Morgan fingerprint density at radius 2 is 2.04 bits per heavy atom. The summed E-state index contributed by atoms with van der Waals surface area (Å²) in [4.78, 5) is 35.7. The molecule has 120 valence electrons. The maximum atomic E-state index is 11.6. The lowest BCUT2D eigenvalue weighted by Gasteiger charge is -2.02. The van der Waals surface area contributed by atoms with Gasteiger partial charge >= 0.3 is 5.69 Å². The highest BCUT2D eigenvalue weighted by Gasteiger charge is 2.03. The third-order valence-electron chi connectivity index (χ3n) is 2.84. The fourth-order valence-electron chi connectivity index (χ4n) is 1.65. The molecule has 0 radical (unpaired) electrons. The van der Waals surface area contributed by atoms with Crippen LogP contribution in [0.1, 0.15) is 17.5 Å². The van der Waals surface area contributed by atoms with Crippen molar-refractivity contribution in [3.8, 4) is 0 Å². The van der Waals surface area contributed by atoms with Crippen molar-refractivity contribution < 1.29 is 4.79 Å². The predicted molar refractivity (Wildman–Crippen MR) is 85.5 cm³/mol. The van der Waals surface area contributed by atoms with Gasteiger partial charge in [-0.1, -0.05) is 29.8 Å². The number of nitrogens with one attached hydrogen (secondary N) is 4. The molecule has 0 aliphatic carbocycles. The molecule has 1 aromatic carbocycles. The van der Waals surface area contributed by atoms with E-state index in [0.717, 1.165) is 11.1 Å². The van der Waals surface area contributed by atoms with Crippen molar-refractivity contribution in [1.29, 1.82) is 0 Å². The molecule has 0 aliphatic heterocycles. The van der Waals surface area contributed by atoms with Crippen LogP contribution in [0.15, 0.2) is 39.0 Å². The van der Waals surface area contributed by atoms with Crippen molar-refractivity contribution >= 4 is 17.9 Å². The monoisotopic (exact) mass is 316 g/mol. The first-order chi connectivity index (χ1) is 11.0. The van der Waals surface area contributed by atoms with Crippen LogP contribution in [-0.2, 0) is 4.79 Å². The maximum Gasteiger partial charge on any atom is 0.342 e. The van der Waals surface area contributed by atoms with Crippen LogP contribution in [0.25, 0.3) is 0 Å². The van der Waals surface area contributed by atoms with Crippen molar-refractivity contribution in [3.63, 3.8) is 0 Å². The average Bonchev–Trinajstić information content (AvgIpc) is 2.51. The van der Waals surface area contributed by atoms with E-state index in [-0.39, 0.29) is 24.7 Å². The third kappa shape index (κ3) is 5.23. The van der Waals surface area contributed by atoms with Gasteiger partial charge in [0.15, 0.2) is 0 Å². The normalized spacial score (nSPS) is 10.7. The van der Waals surface area contributed by atoms with Crippen LogP contribution >= 0.6 is 0 Å². The van der Waals surface area contributed by atoms with Gasteiger partial charge < -0.3 is 5.32 Å². The maximum absolute atomic E-state index is 11.6. The molecule has 4 N–H and O–H groups in total. The lowest BCUT2D eigenvalue weighted by atomic mass is 10.2. The zero-order valence-corrected chi connectivity index (χ0v) is 12.4. The molecule has 0 unspecified atom stereocenters. The van der Waals surface area contributed by atoms with Crippen LogP contribution in [0.3, 0.4) is 0 Å². The molecule has 23 heavy (non-hydrogen) atoms. The van der Waals surface area contributed by atoms with E-state index in [9.17, 15) is 14.4 Å². The number of rotatable bonds is 6. The van der Waals surface area contributed by atoms with Crippen molar-refractivity contribution in [2.45, 2.75) is 13.3 Å². The highest BCUT2D eigenvalue weighted by Crippen LogP contribution is 1.99. The largest absolute Gasteiger partial charge is 0.364 e. The molecule has 0 saturated carbocycles. The Hall–Kier alpha value is -3.23. The number of nitrogens with zero attached hydrogens (tertiary/aromatic N) is 2. The molecule has 0 bridgehead atoms. The molecule has 1 aromatic heterocycles. The average molecular weight is 316 g/mol. The number of benzene rings is 1. The van der Waals surface area contributed by atoms with E-state index in [1.165, 1.54) is 0 Å². The van der Waals surface area contributed by atoms with E-state index >= 15 is 0 Å². The number of anilines is 1. The predicted octanol–water partition coefficient (Wildman–Crippen LogP) is -0.281. The zero-order chi connectivity index (χ0) is 16.7. The second-order valence-electron chi connectivity index (χ2n) is 4.74. The van der Waals surface area contributed by atoms with E-state index in [1.807, 2.05) is 36.2 Å². The molecule has 0 saturated heterocycles. The SMILES string of the molecule is Cc1ccc(/C=N/NC(=O)CCNc2n[nH]c(=O)[nH]c2=O)cc1. The Kier molecular flexibility index (Phi) is 5.40. The van der Waals surface area contributed by atoms with E-state index in [2.05, 4.69) is 26.0 Å². The number of aromatic amines is 2. The van der Waals surface area contributed by atoms with Crippen LogP contribution in [-0.4, -0.2) is 33.8 Å². The summed E-state index contributed by atoms with van der Waals surface area (Å²) in [5.74, 6) is -0.373. The number of aromatic nitrogens is 3. The zero-order valence-electron chi connectivity index (χ0n) is 12.4. The smallest absolute Gasteiger partial charge is 0.342 e. The minimum absolute atomic E-state index is 0.0550. The summed E-state index contributed by atoms with van der Waals surface area (Å²) in [5.41, 5.74) is 3.06. The minimum Gasteiger partial charge on any atom is -0.364 e. The topological polar surface area (TPSA) is 132 Å². The van der Waals surface area contributed by atoms with Gasteiger partial charge in [-0.3, -0.25) is 14.6 Å². The molecule has 0 spiro atoms. The number of carbonyl (C=O) groups is 1. The first-order valence-electron chi connectivity index (χ1n) is 6.86. The Bertz CT molecular complexity index is 806. The number of hydrogen-bond acceptors (Lipinski definition) is 6. The molecule has 1 heterocycles. The number of aryl methyl sites for hydroxylation is 1. The summed E-state index contributed by atoms with van der Waals surface area (Å²) in [6.07, 6.45) is 1.63. The van der Waals surface area contributed by atoms with Crippen LogP contribution in [0.5, 0.6) is 0 Å². The standard InChI is InChI=1S/C14H16N6O3/c1-9-2-4-10(5-3-9)8-16-18-11(21)6-7-15-12-13(22)17-14(23)20-19-12/h2-5,8H,6-7H2,1H3,(H,15,19)(H,18,21)(H2,17,20,22,23)/b16-8+. The quantitative estimate of drug-likeness (QED) is 0.430. The number of hydrazone groups is 1. The van der Waals surface area contributed by atoms with Crippen molar-refractivity contribution in [2.75, 3.05) is 11.9 Å². The molecular formula is C14H16N6O3.